The quantitative estimate of drug-likeness (QED) is 0.720. The Balaban J connectivity index is 2.06. The molecule has 4 heteroatoms. The van der Waals surface area contributed by atoms with Crippen molar-refractivity contribution in [2.24, 2.45) is 0 Å². The Morgan fingerprint density at radius 1 is 1.50 bits per heavy atom. The number of benzene rings is 1. The Morgan fingerprint density at radius 2 is 2.25 bits per heavy atom. The van der Waals surface area contributed by atoms with Crippen molar-refractivity contribution < 1.29 is 14.9 Å². The van der Waals surface area contributed by atoms with Crippen LogP contribution in [0, 0.1) is 0 Å². The van der Waals surface area contributed by atoms with Gasteiger partial charge in [-0.1, -0.05) is 0 Å². The van der Waals surface area contributed by atoms with Crippen LogP contribution in [0.2, 0.25) is 0 Å². The van der Waals surface area contributed by atoms with E-state index in [0.29, 0.717) is 18.9 Å². The van der Waals surface area contributed by atoms with Crippen LogP contribution in [-0.4, -0.2) is 29.0 Å². The highest BCUT2D eigenvalue weighted by Crippen LogP contribution is 2.34. The first-order valence-electron chi connectivity index (χ1n) is 5.37. The van der Waals surface area contributed by atoms with Crippen LogP contribution in [0.15, 0.2) is 18.2 Å². The van der Waals surface area contributed by atoms with Gasteiger partial charge in [0.1, 0.15) is 18.1 Å². The Morgan fingerprint density at radius 3 is 2.94 bits per heavy atom. The largest absolute Gasteiger partial charge is 0.508 e. The van der Waals surface area contributed by atoms with E-state index in [-0.39, 0.29) is 11.8 Å². The van der Waals surface area contributed by atoms with E-state index in [1.807, 2.05) is 6.07 Å². The fraction of sp³-hybridized carbons (Fsp3) is 0.500. The molecule has 1 aromatic carbocycles. The van der Waals surface area contributed by atoms with Gasteiger partial charge in [-0.2, -0.15) is 0 Å². The third-order valence-corrected chi connectivity index (χ3v) is 2.56. The van der Waals surface area contributed by atoms with Gasteiger partial charge < -0.3 is 20.3 Å². The molecule has 0 aliphatic carbocycles. The third-order valence-electron chi connectivity index (χ3n) is 2.56. The van der Waals surface area contributed by atoms with Crippen molar-refractivity contribution in [1.29, 1.82) is 0 Å². The SMILES string of the molecule is CC(C)(O)CNC1COc2cc(O)ccc21. The minimum Gasteiger partial charge on any atom is -0.508 e. The van der Waals surface area contributed by atoms with Crippen molar-refractivity contribution >= 4 is 0 Å². The summed E-state index contributed by atoms with van der Waals surface area (Å²) in [6.07, 6.45) is 0. The van der Waals surface area contributed by atoms with Crippen molar-refractivity contribution in [3.05, 3.63) is 23.8 Å². The summed E-state index contributed by atoms with van der Waals surface area (Å²) in [5.41, 5.74) is 0.293. The lowest BCUT2D eigenvalue weighted by Crippen LogP contribution is -2.37. The third kappa shape index (κ3) is 2.46. The number of phenols is 1. The number of aromatic hydroxyl groups is 1. The van der Waals surface area contributed by atoms with Gasteiger partial charge in [0, 0.05) is 18.2 Å². The number of hydrogen-bond donors (Lipinski definition) is 3. The van der Waals surface area contributed by atoms with Gasteiger partial charge in [0.25, 0.3) is 0 Å². The predicted octanol–water partition coefficient (Wildman–Crippen LogP) is 1.19. The molecule has 4 nitrogen and oxygen atoms in total. The first-order chi connectivity index (χ1) is 7.46. The van der Waals surface area contributed by atoms with E-state index in [9.17, 15) is 10.2 Å². The van der Waals surface area contributed by atoms with E-state index in [1.54, 1.807) is 26.0 Å². The minimum atomic E-state index is -0.736. The first kappa shape index (κ1) is 11.2. The summed E-state index contributed by atoms with van der Waals surface area (Å²) in [4.78, 5) is 0. The highest BCUT2D eigenvalue weighted by Gasteiger charge is 2.25. The van der Waals surface area contributed by atoms with Gasteiger partial charge >= 0.3 is 0 Å². The number of nitrogens with one attached hydrogen (secondary N) is 1. The monoisotopic (exact) mass is 223 g/mol. The molecule has 0 spiro atoms. The van der Waals surface area contributed by atoms with E-state index >= 15 is 0 Å². The van der Waals surface area contributed by atoms with Crippen molar-refractivity contribution in [3.63, 3.8) is 0 Å². The molecule has 0 amide bonds. The second kappa shape index (κ2) is 3.96. The number of phenolic OH excluding ortho intramolecular Hbond substituents is 1. The lowest BCUT2D eigenvalue weighted by atomic mass is 10.1. The molecule has 88 valence electrons. The Labute approximate surface area is 94.9 Å². The van der Waals surface area contributed by atoms with Gasteiger partial charge in [-0.3, -0.25) is 0 Å². The van der Waals surface area contributed by atoms with Crippen LogP contribution in [0.25, 0.3) is 0 Å². The molecule has 0 aromatic heterocycles. The van der Waals surface area contributed by atoms with Gasteiger partial charge in [0.15, 0.2) is 0 Å². The Bertz CT molecular complexity index is 384. The topological polar surface area (TPSA) is 61.7 Å². The molecule has 0 radical (unpaired) electrons. The zero-order chi connectivity index (χ0) is 11.8. The van der Waals surface area contributed by atoms with E-state index in [2.05, 4.69) is 5.32 Å². The molecule has 0 saturated carbocycles. The maximum atomic E-state index is 9.63. The zero-order valence-electron chi connectivity index (χ0n) is 9.53. The lowest BCUT2D eigenvalue weighted by Gasteiger charge is -2.20. The van der Waals surface area contributed by atoms with Gasteiger partial charge in [-0.25, -0.2) is 0 Å². The van der Waals surface area contributed by atoms with Crippen LogP contribution >= 0.6 is 0 Å². The Kier molecular flexibility index (Phi) is 2.78. The van der Waals surface area contributed by atoms with Crippen LogP contribution in [0.3, 0.4) is 0 Å². The summed E-state index contributed by atoms with van der Waals surface area (Å²) in [6.45, 7) is 4.55. The maximum Gasteiger partial charge on any atom is 0.127 e. The van der Waals surface area contributed by atoms with E-state index in [4.69, 9.17) is 4.74 Å². The zero-order valence-corrected chi connectivity index (χ0v) is 9.53. The summed E-state index contributed by atoms with van der Waals surface area (Å²) < 4.78 is 5.45. The van der Waals surface area contributed by atoms with Crippen molar-refractivity contribution in [1.82, 2.24) is 5.32 Å². The van der Waals surface area contributed by atoms with Gasteiger partial charge in [-0.15, -0.1) is 0 Å². The molecule has 0 fully saturated rings. The number of rotatable bonds is 3. The first-order valence-corrected chi connectivity index (χ1v) is 5.37. The van der Waals surface area contributed by atoms with Crippen LogP contribution in [0.1, 0.15) is 25.5 Å². The molecule has 16 heavy (non-hydrogen) atoms. The minimum absolute atomic E-state index is 0.0852. The van der Waals surface area contributed by atoms with Gasteiger partial charge in [0.2, 0.25) is 0 Å². The van der Waals surface area contributed by atoms with Crippen molar-refractivity contribution in [2.45, 2.75) is 25.5 Å². The number of fused-ring (bicyclic) bond motifs is 1. The fourth-order valence-electron chi connectivity index (χ4n) is 1.74. The highest BCUT2D eigenvalue weighted by molar-refractivity contribution is 5.44. The average Bonchev–Trinajstić information content (AvgIpc) is 2.56. The molecular weight excluding hydrogens is 206 g/mol. The molecule has 1 atom stereocenters. The molecule has 2 rings (SSSR count). The Hall–Kier alpha value is -1.26. The number of ether oxygens (including phenoxy) is 1. The van der Waals surface area contributed by atoms with Crippen molar-refractivity contribution in [2.75, 3.05) is 13.2 Å². The van der Waals surface area contributed by atoms with E-state index in [1.165, 1.54) is 0 Å². The van der Waals surface area contributed by atoms with Gasteiger partial charge in [0.05, 0.1) is 11.6 Å². The molecule has 1 aliphatic rings. The standard InChI is InChI=1S/C12H17NO3/c1-12(2,15)7-13-10-6-16-11-5-8(14)3-4-9(10)11/h3-5,10,13-15H,6-7H2,1-2H3. The summed E-state index contributed by atoms with van der Waals surface area (Å²) in [7, 11) is 0. The van der Waals surface area contributed by atoms with Crippen molar-refractivity contribution in [3.8, 4) is 11.5 Å². The van der Waals surface area contributed by atoms with Crippen LogP contribution in [0.4, 0.5) is 0 Å². The predicted molar refractivity (Wildman–Crippen MR) is 60.6 cm³/mol. The second-order valence-electron chi connectivity index (χ2n) is 4.78. The molecule has 1 unspecified atom stereocenters. The molecule has 3 N–H and O–H groups in total. The number of hydrogen-bond acceptors (Lipinski definition) is 4. The molecule has 1 aliphatic heterocycles. The highest BCUT2D eigenvalue weighted by atomic mass is 16.5. The smallest absolute Gasteiger partial charge is 0.127 e. The van der Waals surface area contributed by atoms with Crippen LogP contribution in [-0.2, 0) is 0 Å². The van der Waals surface area contributed by atoms with E-state index < -0.39 is 5.60 Å². The number of aliphatic hydroxyl groups is 1. The molecule has 0 saturated heterocycles. The van der Waals surface area contributed by atoms with Crippen LogP contribution in [0.5, 0.6) is 11.5 Å². The normalized spacial score (nSPS) is 19.3. The molecular formula is C12H17NO3. The van der Waals surface area contributed by atoms with Gasteiger partial charge in [-0.05, 0) is 26.0 Å². The molecule has 1 aromatic rings. The average molecular weight is 223 g/mol. The molecule has 1 heterocycles. The maximum absolute atomic E-state index is 9.63. The summed E-state index contributed by atoms with van der Waals surface area (Å²) >= 11 is 0. The van der Waals surface area contributed by atoms with Crippen LogP contribution < -0.4 is 10.1 Å². The molecule has 0 bridgehead atoms. The van der Waals surface area contributed by atoms with E-state index in [0.717, 1.165) is 5.56 Å². The summed E-state index contributed by atoms with van der Waals surface area (Å²) in [5.74, 6) is 0.926. The summed E-state index contributed by atoms with van der Waals surface area (Å²) in [5, 5.41) is 22.2. The lowest BCUT2D eigenvalue weighted by molar-refractivity contribution is 0.0753. The second-order valence-corrected chi connectivity index (χ2v) is 4.78. The fourth-order valence-corrected chi connectivity index (χ4v) is 1.74. The summed E-state index contributed by atoms with van der Waals surface area (Å²) in [6, 6.07) is 5.19.